The first-order chi connectivity index (χ1) is 11.6. The summed E-state index contributed by atoms with van der Waals surface area (Å²) >= 11 is 4.38. The van der Waals surface area contributed by atoms with Crippen LogP contribution in [0.5, 0.6) is 0 Å². The molecule has 24 heavy (non-hydrogen) atoms. The number of carbonyl (C=O) groups is 1. The van der Waals surface area contributed by atoms with Crippen LogP contribution in [-0.4, -0.2) is 21.9 Å². The highest BCUT2D eigenvalue weighted by Crippen LogP contribution is 2.27. The summed E-state index contributed by atoms with van der Waals surface area (Å²) in [6.45, 7) is 1.88. The number of halogens is 1. The zero-order chi connectivity index (χ0) is 16.9. The Morgan fingerprint density at radius 1 is 1.29 bits per heavy atom. The van der Waals surface area contributed by atoms with Gasteiger partial charge in [-0.25, -0.2) is 4.39 Å². The zero-order valence-corrected chi connectivity index (χ0v) is 15.2. The molecule has 0 saturated heterocycles. The van der Waals surface area contributed by atoms with Crippen LogP contribution in [0, 0.1) is 12.7 Å². The second-order valence-electron chi connectivity index (χ2n) is 4.94. The van der Waals surface area contributed by atoms with Crippen molar-refractivity contribution in [1.29, 1.82) is 0 Å². The summed E-state index contributed by atoms with van der Waals surface area (Å²) in [5.41, 5.74) is 0.851. The Bertz CT molecular complexity index is 802. The van der Waals surface area contributed by atoms with E-state index >= 15 is 0 Å². The van der Waals surface area contributed by atoms with Gasteiger partial charge >= 0.3 is 0 Å². The molecular weight excluding hydrogens is 365 g/mol. The minimum atomic E-state index is -0.294. The average Bonchev–Trinajstić information content (AvgIpc) is 3.23. The minimum absolute atomic E-state index is 0.101. The maximum absolute atomic E-state index is 13.2. The standard InChI is InChI=1S/C16H14FN3OS3/c1-10-19-20-16(24-10)23-9-14(21)18-15(13-3-2-8-22-13)11-4-6-12(17)7-5-11/h2-8,15H,9H2,1H3,(H,18,21). The van der Waals surface area contributed by atoms with Crippen LogP contribution in [0.1, 0.15) is 21.5 Å². The molecule has 1 atom stereocenters. The molecule has 0 spiro atoms. The number of aromatic nitrogens is 2. The molecule has 0 aliphatic rings. The Balaban J connectivity index is 1.69. The van der Waals surface area contributed by atoms with Crippen molar-refractivity contribution in [1.82, 2.24) is 15.5 Å². The molecule has 0 bridgehead atoms. The number of nitrogens with zero attached hydrogens (tertiary/aromatic N) is 2. The van der Waals surface area contributed by atoms with E-state index in [1.165, 1.54) is 35.2 Å². The topological polar surface area (TPSA) is 54.9 Å². The van der Waals surface area contributed by atoms with Crippen molar-refractivity contribution in [2.45, 2.75) is 17.3 Å². The van der Waals surface area contributed by atoms with Crippen LogP contribution < -0.4 is 5.32 Å². The number of nitrogens with one attached hydrogen (secondary N) is 1. The predicted octanol–water partition coefficient (Wildman–Crippen LogP) is 4.05. The number of carbonyl (C=O) groups excluding carboxylic acids is 1. The molecule has 124 valence electrons. The van der Waals surface area contributed by atoms with E-state index in [0.29, 0.717) is 0 Å². The highest BCUT2D eigenvalue weighted by Gasteiger charge is 2.18. The largest absolute Gasteiger partial charge is 0.344 e. The van der Waals surface area contributed by atoms with E-state index in [9.17, 15) is 9.18 Å². The van der Waals surface area contributed by atoms with E-state index < -0.39 is 0 Å². The van der Waals surface area contributed by atoms with Gasteiger partial charge in [0.2, 0.25) is 5.91 Å². The fraction of sp³-hybridized carbons (Fsp3) is 0.188. The lowest BCUT2D eigenvalue weighted by molar-refractivity contribution is -0.119. The average molecular weight is 380 g/mol. The van der Waals surface area contributed by atoms with E-state index in [-0.39, 0.29) is 23.5 Å². The fourth-order valence-electron chi connectivity index (χ4n) is 2.10. The lowest BCUT2D eigenvalue weighted by atomic mass is 10.1. The first-order valence-corrected chi connectivity index (χ1v) is 9.81. The molecule has 3 rings (SSSR count). The maximum atomic E-state index is 13.2. The number of benzene rings is 1. The van der Waals surface area contributed by atoms with Gasteiger partial charge in [0.05, 0.1) is 11.8 Å². The van der Waals surface area contributed by atoms with Crippen molar-refractivity contribution in [2.24, 2.45) is 0 Å². The molecule has 1 amide bonds. The highest BCUT2D eigenvalue weighted by molar-refractivity contribution is 8.01. The van der Waals surface area contributed by atoms with Crippen LogP contribution >= 0.6 is 34.4 Å². The Kier molecular flexibility index (Phi) is 5.60. The number of thioether (sulfide) groups is 1. The molecule has 1 N–H and O–H groups in total. The van der Waals surface area contributed by atoms with Crippen molar-refractivity contribution in [3.63, 3.8) is 0 Å². The summed E-state index contributed by atoms with van der Waals surface area (Å²) in [5, 5.41) is 13.8. The van der Waals surface area contributed by atoms with E-state index in [2.05, 4.69) is 15.5 Å². The predicted molar refractivity (Wildman–Crippen MR) is 96.1 cm³/mol. The van der Waals surface area contributed by atoms with Crippen LogP contribution in [0.4, 0.5) is 4.39 Å². The normalized spacial score (nSPS) is 12.1. The monoisotopic (exact) mass is 379 g/mol. The third-order valence-electron chi connectivity index (χ3n) is 3.17. The molecule has 0 radical (unpaired) electrons. The van der Waals surface area contributed by atoms with Gasteiger partial charge in [-0.05, 0) is 36.1 Å². The molecule has 0 aliphatic heterocycles. The lowest BCUT2D eigenvalue weighted by Crippen LogP contribution is -2.30. The van der Waals surface area contributed by atoms with Crippen molar-refractivity contribution in [3.8, 4) is 0 Å². The first kappa shape index (κ1) is 17.1. The molecule has 1 unspecified atom stereocenters. The van der Waals surface area contributed by atoms with E-state index in [0.717, 1.165) is 19.8 Å². The highest BCUT2D eigenvalue weighted by atomic mass is 32.2. The summed E-state index contributed by atoms with van der Waals surface area (Å²) in [4.78, 5) is 13.3. The smallest absolute Gasteiger partial charge is 0.231 e. The van der Waals surface area contributed by atoms with Gasteiger partial charge in [0.1, 0.15) is 10.8 Å². The van der Waals surface area contributed by atoms with Gasteiger partial charge in [-0.1, -0.05) is 41.3 Å². The number of thiophene rings is 1. The van der Waals surface area contributed by atoms with Crippen molar-refractivity contribution in [2.75, 3.05) is 5.75 Å². The quantitative estimate of drug-likeness (QED) is 0.657. The molecule has 3 aromatic rings. The molecule has 1 aromatic carbocycles. The van der Waals surface area contributed by atoms with Gasteiger partial charge < -0.3 is 5.32 Å². The van der Waals surface area contributed by atoms with Crippen molar-refractivity contribution >= 4 is 40.3 Å². The van der Waals surface area contributed by atoms with Crippen molar-refractivity contribution in [3.05, 3.63) is 63.0 Å². The minimum Gasteiger partial charge on any atom is -0.344 e. The van der Waals surface area contributed by atoms with Gasteiger partial charge in [0.25, 0.3) is 0 Å². The van der Waals surface area contributed by atoms with E-state index in [1.54, 1.807) is 23.5 Å². The lowest BCUT2D eigenvalue weighted by Gasteiger charge is -2.18. The van der Waals surface area contributed by atoms with E-state index in [1.807, 2.05) is 24.4 Å². The number of hydrogen-bond donors (Lipinski definition) is 1. The first-order valence-electron chi connectivity index (χ1n) is 7.13. The molecule has 2 aromatic heterocycles. The fourth-order valence-corrected chi connectivity index (χ4v) is 4.53. The van der Waals surface area contributed by atoms with Gasteiger partial charge in [0.15, 0.2) is 4.34 Å². The molecule has 0 saturated carbocycles. The zero-order valence-electron chi connectivity index (χ0n) is 12.7. The molecule has 2 heterocycles. The van der Waals surface area contributed by atoms with Crippen molar-refractivity contribution < 1.29 is 9.18 Å². The number of aryl methyl sites for hydroxylation is 1. The van der Waals surface area contributed by atoms with Gasteiger partial charge in [0, 0.05) is 4.88 Å². The second-order valence-corrected chi connectivity index (χ2v) is 8.33. The summed E-state index contributed by atoms with van der Waals surface area (Å²) < 4.78 is 13.9. The van der Waals surface area contributed by atoms with Crippen LogP contribution in [-0.2, 0) is 4.79 Å². The molecular formula is C16H14FN3OS3. The molecule has 8 heteroatoms. The third kappa shape index (κ3) is 4.40. The Morgan fingerprint density at radius 2 is 2.08 bits per heavy atom. The summed E-state index contributed by atoms with van der Waals surface area (Å²) in [5.74, 6) is -0.134. The van der Waals surface area contributed by atoms with Gasteiger partial charge in [-0.2, -0.15) is 0 Å². The van der Waals surface area contributed by atoms with Crippen LogP contribution in [0.3, 0.4) is 0 Å². The second kappa shape index (κ2) is 7.87. The van der Waals surface area contributed by atoms with Crippen LogP contribution in [0.25, 0.3) is 0 Å². The third-order valence-corrected chi connectivity index (χ3v) is 6.08. The number of rotatable bonds is 6. The summed E-state index contributed by atoms with van der Waals surface area (Å²) in [7, 11) is 0. The van der Waals surface area contributed by atoms with Crippen LogP contribution in [0.15, 0.2) is 46.1 Å². The molecule has 4 nitrogen and oxygen atoms in total. The van der Waals surface area contributed by atoms with Gasteiger partial charge in [-0.15, -0.1) is 21.5 Å². The number of hydrogen-bond acceptors (Lipinski definition) is 6. The summed E-state index contributed by atoms with van der Waals surface area (Å²) in [6, 6.07) is 9.81. The number of amides is 1. The summed E-state index contributed by atoms with van der Waals surface area (Å²) in [6.07, 6.45) is 0. The van der Waals surface area contributed by atoms with E-state index in [4.69, 9.17) is 0 Å². The Labute approximate surface area is 151 Å². The Morgan fingerprint density at radius 3 is 2.71 bits per heavy atom. The SMILES string of the molecule is Cc1nnc(SCC(=O)NC(c2ccc(F)cc2)c2cccs2)s1. The maximum Gasteiger partial charge on any atom is 0.231 e. The molecule has 0 fully saturated rings. The van der Waals surface area contributed by atoms with Gasteiger partial charge in [-0.3, -0.25) is 4.79 Å². The van der Waals surface area contributed by atoms with Crippen LogP contribution in [0.2, 0.25) is 0 Å². The Hall–Kier alpha value is -1.77. The molecule has 0 aliphatic carbocycles.